The summed E-state index contributed by atoms with van der Waals surface area (Å²) in [5.41, 5.74) is 5.41. The molecule has 1 rings (SSSR count). The van der Waals surface area contributed by atoms with Gasteiger partial charge in [0, 0.05) is 5.56 Å². The second-order valence-corrected chi connectivity index (χ2v) is 3.74. The highest BCUT2D eigenvalue weighted by atomic mass is 32.1. The highest BCUT2D eigenvalue weighted by molar-refractivity contribution is 7.80. The standard InChI is InChI=1S/C10H11F2NOS/c1-5(2)14-9-7(11)3-6(10(13)15)4-8(9)12/h3-5H,1-2H3,(H2,13,15). The van der Waals surface area contributed by atoms with Crippen molar-refractivity contribution < 1.29 is 13.5 Å². The lowest BCUT2D eigenvalue weighted by Crippen LogP contribution is -2.13. The van der Waals surface area contributed by atoms with Gasteiger partial charge in [0.15, 0.2) is 17.4 Å². The third-order valence-electron chi connectivity index (χ3n) is 1.64. The molecule has 82 valence electrons. The van der Waals surface area contributed by atoms with E-state index in [9.17, 15) is 8.78 Å². The molecule has 0 bridgehead atoms. The predicted molar refractivity (Wildman–Crippen MR) is 58.0 cm³/mol. The number of halogens is 2. The minimum absolute atomic E-state index is 0.0519. The Labute approximate surface area is 92.0 Å². The largest absolute Gasteiger partial charge is 0.485 e. The topological polar surface area (TPSA) is 35.2 Å². The van der Waals surface area contributed by atoms with Crippen LogP contribution in [-0.4, -0.2) is 11.1 Å². The molecule has 1 aromatic carbocycles. The maximum Gasteiger partial charge on any atom is 0.191 e. The Kier molecular flexibility index (Phi) is 3.57. The van der Waals surface area contributed by atoms with E-state index in [1.165, 1.54) is 0 Å². The van der Waals surface area contributed by atoms with E-state index in [-0.39, 0.29) is 16.7 Å². The number of thiocarbonyl (C=S) groups is 1. The molecule has 0 aliphatic carbocycles. The molecule has 15 heavy (non-hydrogen) atoms. The average molecular weight is 231 g/mol. The van der Waals surface area contributed by atoms with E-state index in [0.717, 1.165) is 12.1 Å². The molecule has 0 fully saturated rings. The first-order chi connectivity index (χ1) is 6.91. The molecule has 0 unspecified atom stereocenters. The van der Waals surface area contributed by atoms with Crippen LogP contribution in [0.1, 0.15) is 19.4 Å². The number of benzene rings is 1. The van der Waals surface area contributed by atoms with Crippen molar-refractivity contribution in [2.24, 2.45) is 5.73 Å². The van der Waals surface area contributed by atoms with Gasteiger partial charge in [-0.25, -0.2) is 8.78 Å². The molecule has 0 atom stereocenters. The monoisotopic (exact) mass is 231 g/mol. The normalized spacial score (nSPS) is 10.5. The van der Waals surface area contributed by atoms with Gasteiger partial charge in [0.05, 0.1) is 6.10 Å². The lowest BCUT2D eigenvalue weighted by Gasteiger charge is -2.12. The van der Waals surface area contributed by atoms with Crippen molar-refractivity contribution in [1.29, 1.82) is 0 Å². The summed E-state index contributed by atoms with van der Waals surface area (Å²) in [5.74, 6) is -2.00. The smallest absolute Gasteiger partial charge is 0.191 e. The maximum absolute atomic E-state index is 13.4. The van der Waals surface area contributed by atoms with Gasteiger partial charge in [0.2, 0.25) is 0 Å². The predicted octanol–water partition coefficient (Wildman–Crippen LogP) is 2.39. The summed E-state index contributed by atoms with van der Waals surface area (Å²) in [6, 6.07) is 2.12. The average Bonchev–Trinajstić information content (AvgIpc) is 2.10. The first kappa shape index (κ1) is 11.8. The molecule has 0 aliphatic rings. The van der Waals surface area contributed by atoms with Gasteiger partial charge in [-0.15, -0.1) is 0 Å². The van der Waals surface area contributed by atoms with E-state index in [0.29, 0.717) is 0 Å². The van der Waals surface area contributed by atoms with Crippen LogP contribution in [0.2, 0.25) is 0 Å². The molecule has 0 saturated heterocycles. The minimum Gasteiger partial charge on any atom is -0.485 e. The fourth-order valence-corrected chi connectivity index (χ4v) is 1.17. The van der Waals surface area contributed by atoms with Gasteiger partial charge in [0.1, 0.15) is 4.99 Å². The molecule has 0 radical (unpaired) electrons. The Hall–Kier alpha value is -1.23. The Balaban J connectivity index is 3.15. The maximum atomic E-state index is 13.4. The quantitative estimate of drug-likeness (QED) is 0.811. The molecule has 0 aliphatic heterocycles. The van der Waals surface area contributed by atoms with Gasteiger partial charge in [-0.05, 0) is 26.0 Å². The van der Waals surface area contributed by atoms with E-state index < -0.39 is 17.4 Å². The van der Waals surface area contributed by atoms with Crippen LogP contribution in [-0.2, 0) is 0 Å². The number of nitrogens with two attached hydrogens (primary N) is 1. The number of hydrogen-bond acceptors (Lipinski definition) is 2. The van der Waals surface area contributed by atoms with Gasteiger partial charge in [-0.2, -0.15) is 0 Å². The molecule has 0 heterocycles. The fourth-order valence-electron chi connectivity index (χ4n) is 1.05. The number of rotatable bonds is 3. The second-order valence-electron chi connectivity index (χ2n) is 3.30. The highest BCUT2D eigenvalue weighted by Gasteiger charge is 2.14. The van der Waals surface area contributed by atoms with Crippen LogP contribution >= 0.6 is 12.2 Å². The first-order valence-electron chi connectivity index (χ1n) is 4.37. The van der Waals surface area contributed by atoms with Crippen molar-refractivity contribution in [2.75, 3.05) is 0 Å². The fraction of sp³-hybridized carbons (Fsp3) is 0.300. The second kappa shape index (κ2) is 4.53. The molecule has 5 heteroatoms. The van der Waals surface area contributed by atoms with Crippen LogP contribution in [0.3, 0.4) is 0 Å². The minimum atomic E-state index is -0.800. The highest BCUT2D eigenvalue weighted by Crippen LogP contribution is 2.24. The third-order valence-corrected chi connectivity index (χ3v) is 1.87. The van der Waals surface area contributed by atoms with Crippen molar-refractivity contribution in [2.45, 2.75) is 20.0 Å². The van der Waals surface area contributed by atoms with E-state index >= 15 is 0 Å². The van der Waals surface area contributed by atoms with Gasteiger partial charge < -0.3 is 10.5 Å². The summed E-state index contributed by atoms with van der Waals surface area (Å²) < 4.78 is 31.7. The van der Waals surface area contributed by atoms with Crippen LogP contribution < -0.4 is 10.5 Å². The molecule has 0 amide bonds. The molecular weight excluding hydrogens is 220 g/mol. The van der Waals surface area contributed by atoms with E-state index in [2.05, 4.69) is 12.2 Å². The van der Waals surface area contributed by atoms with Crippen LogP contribution in [0, 0.1) is 11.6 Å². The van der Waals surface area contributed by atoms with Crippen molar-refractivity contribution >= 4 is 17.2 Å². The molecule has 2 N–H and O–H groups in total. The van der Waals surface area contributed by atoms with Crippen LogP contribution in [0.4, 0.5) is 8.78 Å². The molecule has 0 saturated carbocycles. The number of hydrogen-bond donors (Lipinski definition) is 1. The van der Waals surface area contributed by atoms with Crippen molar-refractivity contribution in [3.8, 4) is 5.75 Å². The van der Waals surface area contributed by atoms with Crippen molar-refractivity contribution in [3.63, 3.8) is 0 Å². The Morgan fingerprint density at radius 2 is 1.80 bits per heavy atom. The lowest BCUT2D eigenvalue weighted by molar-refractivity contribution is 0.219. The van der Waals surface area contributed by atoms with Gasteiger partial charge in [0.25, 0.3) is 0 Å². The summed E-state index contributed by atoms with van der Waals surface area (Å²) in [5, 5.41) is 0. The van der Waals surface area contributed by atoms with E-state index in [1.807, 2.05) is 0 Å². The Bertz CT molecular complexity index is 370. The molecule has 0 aromatic heterocycles. The molecule has 0 spiro atoms. The van der Waals surface area contributed by atoms with Gasteiger partial charge in [-0.1, -0.05) is 12.2 Å². The Morgan fingerprint density at radius 1 is 1.33 bits per heavy atom. The zero-order valence-electron chi connectivity index (χ0n) is 8.38. The van der Waals surface area contributed by atoms with Crippen molar-refractivity contribution in [1.82, 2.24) is 0 Å². The van der Waals surface area contributed by atoms with Gasteiger partial charge >= 0.3 is 0 Å². The molecule has 1 aromatic rings. The Morgan fingerprint density at radius 3 is 2.13 bits per heavy atom. The molecule has 2 nitrogen and oxygen atoms in total. The lowest BCUT2D eigenvalue weighted by atomic mass is 10.2. The summed E-state index contributed by atoms with van der Waals surface area (Å²) in [6.07, 6.45) is -0.301. The zero-order chi connectivity index (χ0) is 11.6. The third kappa shape index (κ3) is 2.86. The first-order valence-corrected chi connectivity index (χ1v) is 4.78. The molecular formula is C10H11F2NOS. The van der Waals surface area contributed by atoms with Crippen LogP contribution in [0.5, 0.6) is 5.75 Å². The van der Waals surface area contributed by atoms with Crippen molar-refractivity contribution in [3.05, 3.63) is 29.3 Å². The summed E-state index contributed by atoms with van der Waals surface area (Å²) in [7, 11) is 0. The summed E-state index contributed by atoms with van der Waals surface area (Å²) in [6.45, 7) is 3.36. The van der Waals surface area contributed by atoms with E-state index in [1.54, 1.807) is 13.8 Å². The number of ether oxygens (including phenoxy) is 1. The SMILES string of the molecule is CC(C)Oc1c(F)cc(C(N)=S)cc1F. The van der Waals surface area contributed by atoms with Gasteiger partial charge in [-0.3, -0.25) is 0 Å². The zero-order valence-corrected chi connectivity index (χ0v) is 9.20. The summed E-state index contributed by atoms with van der Waals surface area (Å²) in [4.78, 5) is -0.0519. The van der Waals surface area contributed by atoms with E-state index in [4.69, 9.17) is 10.5 Å². The summed E-state index contributed by atoms with van der Waals surface area (Å²) >= 11 is 4.62. The van der Waals surface area contributed by atoms with Crippen LogP contribution in [0.15, 0.2) is 12.1 Å². The van der Waals surface area contributed by atoms with Crippen LogP contribution in [0.25, 0.3) is 0 Å².